The number of anilines is 1. The summed E-state index contributed by atoms with van der Waals surface area (Å²) >= 11 is 0. The van der Waals surface area contributed by atoms with Gasteiger partial charge < -0.3 is 10.1 Å². The Morgan fingerprint density at radius 3 is 2.57 bits per heavy atom. The van der Waals surface area contributed by atoms with Gasteiger partial charge in [0.05, 0.1) is 18.7 Å². The van der Waals surface area contributed by atoms with Crippen LogP contribution in [0.3, 0.4) is 0 Å². The third-order valence-corrected chi connectivity index (χ3v) is 2.84. The molecule has 1 amide bonds. The van der Waals surface area contributed by atoms with E-state index in [0.717, 1.165) is 11.3 Å². The topological polar surface area (TPSA) is 84.1 Å². The normalized spacial score (nSPS) is 10.1. The lowest BCUT2D eigenvalue weighted by Gasteiger charge is -2.06. The number of rotatable bonds is 6. The molecule has 110 valence electrons. The highest BCUT2D eigenvalue weighted by atomic mass is 16.5. The molecule has 0 saturated heterocycles. The van der Waals surface area contributed by atoms with Gasteiger partial charge in [0.25, 0.3) is 0 Å². The van der Waals surface area contributed by atoms with Gasteiger partial charge in [0.15, 0.2) is 0 Å². The van der Waals surface area contributed by atoms with Crippen LogP contribution in [-0.2, 0) is 14.3 Å². The maximum Gasteiger partial charge on any atom is 0.306 e. The fourth-order valence-electron chi connectivity index (χ4n) is 1.82. The number of H-pyrrole nitrogens is 1. The second kappa shape index (κ2) is 7.23. The van der Waals surface area contributed by atoms with Gasteiger partial charge in [-0.1, -0.05) is 12.1 Å². The van der Waals surface area contributed by atoms with E-state index in [0.29, 0.717) is 12.3 Å². The van der Waals surface area contributed by atoms with E-state index < -0.39 is 0 Å². The summed E-state index contributed by atoms with van der Waals surface area (Å²) in [5.74, 6) is -0.570. The Morgan fingerprint density at radius 1 is 1.19 bits per heavy atom. The first-order valence-corrected chi connectivity index (χ1v) is 6.74. The van der Waals surface area contributed by atoms with Crippen molar-refractivity contribution in [3.8, 4) is 11.3 Å². The van der Waals surface area contributed by atoms with Crippen molar-refractivity contribution in [3.05, 3.63) is 36.5 Å². The molecule has 1 heterocycles. The van der Waals surface area contributed by atoms with E-state index in [-0.39, 0.29) is 24.7 Å². The quantitative estimate of drug-likeness (QED) is 0.799. The molecule has 0 unspecified atom stereocenters. The summed E-state index contributed by atoms with van der Waals surface area (Å²) in [5, 5.41) is 9.50. The third kappa shape index (κ3) is 4.45. The summed E-state index contributed by atoms with van der Waals surface area (Å²) in [4.78, 5) is 22.9. The number of amides is 1. The van der Waals surface area contributed by atoms with E-state index >= 15 is 0 Å². The van der Waals surface area contributed by atoms with Crippen LogP contribution in [0.25, 0.3) is 11.3 Å². The van der Waals surface area contributed by atoms with Gasteiger partial charge >= 0.3 is 5.97 Å². The van der Waals surface area contributed by atoms with Gasteiger partial charge in [-0.2, -0.15) is 5.10 Å². The monoisotopic (exact) mass is 287 g/mol. The summed E-state index contributed by atoms with van der Waals surface area (Å²) in [7, 11) is 0. The Balaban J connectivity index is 1.85. The van der Waals surface area contributed by atoms with Crippen molar-refractivity contribution >= 4 is 17.6 Å². The van der Waals surface area contributed by atoms with Crippen LogP contribution in [0, 0.1) is 0 Å². The van der Waals surface area contributed by atoms with Crippen molar-refractivity contribution in [2.75, 3.05) is 11.9 Å². The third-order valence-electron chi connectivity index (χ3n) is 2.84. The highest BCUT2D eigenvalue weighted by Gasteiger charge is 2.08. The number of esters is 1. The number of ether oxygens (including phenoxy) is 1. The van der Waals surface area contributed by atoms with Crippen LogP contribution in [-0.4, -0.2) is 28.7 Å². The minimum absolute atomic E-state index is 0.0892. The summed E-state index contributed by atoms with van der Waals surface area (Å²) in [5.41, 5.74) is 2.58. The van der Waals surface area contributed by atoms with Gasteiger partial charge in [-0.15, -0.1) is 0 Å². The zero-order chi connectivity index (χ0) is 15.1. The van der Waals surface area contributed by atoms with Crippen molar-refractivity contribution in [1.29, 1.82) is 0 Å². The van der Waals surface area contributed by atoms with Crippen molar-refractivity contribution in [2.45, 2.75) is 19.8 Å². The van der Waals surface area contributed by atoms with E-state index in [1.54, 1.807) is 25.3 Å². The first kappa shape index (κ1) is 14.8. The predicted molar refractivity (Wildman–Crippen MR) is 78.5 cm³/mol. The van der Waals surface area contributed by atoms with Crippen molar-refractivity contribution in [1.82, 2.24) is 10.2 Å². The molecule has 0 bridgehead atoms. The lowest BCUT2D eigenvalue weighted by molar-refractivity contribution is -0.144. The average molecular weight is 287 g/mol. The van der Waals surface area contributed by atoms with Crippen LogP contribution in [0.15, 0.2) is 36.5 Å². The van der Waals surface area contributed by atoms with Gasteiger partial charge in [0.1, 0.15) is 0 Å². The number of benzene rings is 1. The molecule has 6 heteroatoms. The highest BCUT2D eigenvalue weighted by molar-refractivity contribution is 5.92. The molecule has 2 aromatic rings. The first-order valence-electron chi connectivity index (χ1n) is 6.74. The number of carbonyl (C=O) groups is 2. The lowest BCUT2D eigenvalue weighted by Crippen LogP contribution is -2.14. The van der Waals surface area contributed by atoms with Gasteiger partial charge in [-0.05, 0) is 30.7 Å². The van der Waals surface area contributed by atoms with Crippen molar-refractivity contribution in [3.63, 3.8) is 0 Å². The molecule has 0 saturated carbocycles. The van der Waals surface area contributed by atoms with Crippen LogP contribution in [0.2, 0.25) is 0 Å². The molecule has 0 fully saturated rings. The standard InChI is InChI=1S/C15H17N3O3/c1-2-21-15(20)8-7-14(19)17-12-5-3-11(4-6-12)13-9-10-16-18-13/h3-6,9-10H,2,7-8H2,1H3,(H,16,18)(H,17,19). The zero-order valence-electron chi connectivity index (χ0n) is 11.8. The maximum absolute atomic E-state index is 11.7. The molecule has 0 aliphatic carbocycles. The minimum atomic E-state index is -0.359. The van der Waals surface area contributed by atoms with E-state index in [4.69, 9.17) is 4.74 Å². The molecule has 0 spiro atoms. The summed E-state index contributed by atoms with van der Waals surface area (Å²) in [6, 6.07) is 9.24. The van der Waals surface area contributed by atoms with Crippen molar-refractivity contribution in [2.24, 2.45) is 0 Å². The molecule has 0 atom stereocenters. The number of nitrogens with one attached hydrogen (secondary N) is 2. The average Bonchev–Trinajstić information content (AvgIpc) is 3.00. The van der Waals surface area contributed by atoms with Crippen LogP contribution in [0.4, 0.5) is 5.69 Å². The molecule has 1 aromatic heterocycles. The molecular weight excluding hydrogens is 270 g/mol. The fraction of sp³-hybridized carbons (Fsp3) is 0.267. The van der Waals surface area contributed by atoms with Crippen LogP contribution < -0.4 is 5.32 Å². The number of nitrogens with zero attached hydrogens (tertiary/aromatic N) is 1. The zero-order valence-corrected chi connectivity index (χ0v) is 11.8. The summed E-state index contributed by atoms with van der Waals surface area (Å²) in [6.07, 6.45) is 1.88. The molecule has 21 heavy (non-hydrogen) atoms. The fourth-order valence-corrected chi connectivity index (χ4v) is 1.82. The highest BCUT2D eigenvalue weighted by Crippen LogP contribution is 2.18. The Morgan fingerprint density at radius 2 is 1.95 bits per heavy atom. The van der Waals surface area contributed by atoms with Crippen LogP contribution >= 0.6 is 0 Å². The Kier molecular flexibility index (Phi) is 5.09. The SMILES string of the molecule is CCOC(=O)CCC(=O)Nc1ccc(-c2ccn[nH]2)cc1. The molecule has 6 nitrogen and oxygen atoms in total. The molecule has 2 N–H and O–H groups in total. The minimum Gasteiger partial charge on any atom is -0.466 e. The number of carbonyl (C=O) groups excluding carboxylic acids is 2. The Hall–Kier alpha value is -2.63. The van der Waals surface area contributed by atoms with E-state index in [1.165, 1.54) is 0 Å². The van der Waals surface area contributed by atoms with Gasteiger partial charge in [-0.25, -0.2) is 0 Å². The van der Waals surface area contributed by atoms with Gasteiger partial charge in [-0.3, -0.25) is 14.7 Å². The van der Waals surface area contributed by atoms with E-state index in [1.807, 2.05) is 18.2 Å². The maximum atomic E-state index is 11.7. The number of hydrogen-bond acceptors (Lipinski definition) is 4. The number of aromatic amines is 1. The molecule has 2 rings (SSSR count). The molecule has 1 aromatic carbocycles. The van der Waals surface area contributed by atoms with E-state index in [9.17, 15) is 9.59 Å². The van der Waals surface area contributed by atoms with E-state index in [2.05, 4.69) is 15.5 Å². The molecule has 0 aliphatic rings. The first-order chi connectivity index (χ1) is 10.2. The summed E-state index contributed by atoms with van der Waals surface area (Å²) in [6.45, 7) is 2.06. The molecule has 0 aliphatic heterocycles. The van der Waals surface area contributed by atoms with Gasteiger partial charge in [0, 0.05) is 18.3 Å². The predicted octanol–water partition coefficient (Wildman–Crippen LogP) is 2.36. The van der Waals surface area contributed by atoms with Crippen LogP contribution in [0.1, 0.15) is 19.8 Å². The molecule has 0 radical (unpaired) electrons. The Labute approximate surface area is 122 Å². The largest absolute Gasteiger partial charge is 0.466 e. The van der Waals surface area contributed by atoms with Crippen LogP contribution in [0.5, 0.6) is 0 Å². The second-order valence-electron chi connectivity index (χ2n) is 4.40. The Bertz CT molecular complexity index is 591. The van der Waals surface area contributed by atoms with Gasteiger partial charge in [0.2, 0.25) is 5.91 Å². The van der Waals surface area contributed by atoms with Crippen molar-refractivity contribution < 1.29 is 14.3 Å². The number of hydrogen-bond donors (Lipinski definition) is 2. The smallest absolute Gasteiger partial charge is 0.306 e. The number of aromatic nitrogens is 2. The lowest BCUT2D eigenvalue weighted by atomic mass is 10.1. The molecular formula is C15H17N3O3. The second-order valence-corrected chi connectivity index (χ2v) is 4.40. The summed E-state index contributed by atoms with van der Waals surface area (Å²) < 4.78 is 4.77.